The van der Waals surface area contributed by atoms with Crippen LogP contribution in [0.25, 0.3) is 0 Å². The van der Waals surface area contributed by atoms with Crippen molar-refractivity contribution >= 4 is 11.8 Å². The lowest BCUT2D eigenvalue weighted by molar-refractivity contribution is -0.128. The van der Waals surface area contributed by atoms with Gasteiger partial charge >= 0.3 is 0 Å². The van der Waals surface area contributed by atoms with Gasteiger partial charge in [0.05, 0.1) is 13.2 Å². The number of likely N-dealkylation sites (tertiary alicyclic amines) is 1. The van der Waals surface area contributed by atoms with Crippen molar-refractivity contribution in [1.29, 1.82) is 0 Å². The number of hydrogen-bond acceptors (Lipinski definition) is 5. The summed E-state index contributed by atoms with van der Waals surface area (Å²) in [5.74, 6) is 1.21. The fraction of sp³-hybridized carbons (Fsp3) is 0.722. The molecule has 1 spiro atoms. The molecule has 1 aromatic heterocycles. The first-order valence-corrected chi connectivity index (χ1v) is 9.19. The molecule has 0 aromatic carbocycles. The molecule has 1 saturated heterocycles. The lowest BCUT2D eigenvalue weighted by Crippen LogP contribution is -2.42. The Morgan fingerprint density at radius 2 is 2.24 bits per heavy atom. The van der Waals surface area contributed by atoms with Crippen molar-refractivity contribution < 1.29 is 18.8 Å². The molecule has 3 fully saturated rings. The number of aromatic nitrogens is 1. The molecular weight excluding hydrogens is 322 g/mol. The summed E-state index contributed by atoms with van der Waals surface area (Å²) >= 11 is 0. The zero-order valence-corrected chi connectivity index (χ0v) is 14.6. The number of amides is 2. The summed E-state index contributed by atoms with van der Waals surface area (Å²) in [4.78, 5) is 27.1. The Labute approximate surface area is 147 Å². The van der Waals surface area contributed by atoms with Gasteiger partial charge in [0.25, 0.3) is 11.8 Å². The van der Waals surface area contributed by atoms with Crippen LogP contribution >= 0.6 is 0 Å². The average Bonchev–Trinajstić information content (AvgIpc) is 3.04. The minimum atomic E-state index is -0.170. The number of methoxy groups -OCH3 is 1. The average molecular weight is 347 g/mol. The maximum Gasteiger partial charge on any atom is 0.292 e. The van der Waals surface area contributed by atoms with E-state index >= 15 is 0 Å². The molecule has 0 radical (unpaired) electrons. The fourth-order valence-corrected chi connectivity index (χ4v) is 4.41. The third-order valence-electron chi connectivity index (χ3n) is 6.07. The Hall–Kier alpha value is -2.05. The van der Waals surface area contributed by atoms with Gasteiger partial charge in [0.15, 0.2) is 0 Å². The van der Waals surface area contributed by atoms with Gasteiger partial charge in [0, 0.05) is 31.0 Å². The Kier molecular flexibility index (Phi) is 4.17. The molecule has 2 aliphatic carbocycles. The van der Waals surface area contributed by atoms with Gasteiger partial charge in [-0.1, -0.05) is 6.42 Å². The predicted molar refractivity (Wildman–Crippen MR) is 89.1 cm³/mol. The Balaban J connectivity index is 1.42. The van der Waals surface area contributed by atoms with E-state index in [0.717, 1.165) is 32.2 Å². The minimum Gasteiger partial charge on any atom is -0.479 e. The van der Waals surface area contributed by atoms with E-state index in [-0.39, 0.29) is 28.9 Å². The summed E-state index contributed by atoms with van der Waals surface area (Å²) in [7, 11) is 1.49. The van der Waals surface area contributed by atoms with E-state index in [1.807, 2.05) is 0 Å². The van der Waals surface area contributed by atoms with Gasteiger partial charge in [-0.05, 0) is 43.2 Å². The monoisotopic (exact) mass is 347 g/mol. The van der Waals surface area contributed by atoms with Crippen molar-refractivity contribution in [3.8, 4) is 5.88 Å². The fourth-order valence-electron chi connectivity index (χ4n) is 4.41. The molecule has 1 aliphatic heterocycles. The van der Waals surface area contributed by atoms with Crippen molar-refractivity contribution in [2.75, 3.05) is 26.7 Å². The normalized spacial score (nSPS) is 28.5. The van der Waals surface area contributed by atoms with Gasteiger partial charge in [0.1, 0.15) is 0 Å². The maximum absolute atomic E-state index is 12.7. The summed E-state index contributed by atoms with van der Waals surface area (Å²) < 4.78 is 10.1. The summed E-state index contributed by atoms with van der Waals surface area (Å²) in [6.07, 6.45) is 6.34. The number of carbonyl (C=O) groups excluding carboxylic acids is 2. The molecule has 2 saturated carbocycles. The van der Waals surface area contributed by atoms with Gasteiger partial charge in [-0.3, -0.25) is 9.59 Å². The quantitative estimate of drug-likeness (QED) is 0.878. The van der Waals surface area contributed by atoms with E-state index in [1.165, 1.54) is 26.0 Å². The third-order valence-corrected chi connectivity index (χ3v) is 6.07. The zero-order valence-electron chi connectivity index (χ0n) is 14.6. The molecular formula is C18H25N3O4. The SMILES string of the molecule is COc1cc(C(=O)N2CC[C@@]3(CCC[C@@H]3C(=O)NCC3CC3)C2)on1. The molecule has 2 heterocycles. The number of hydrogen-bond donors (Lipinski definition) is 1. The predicted octanol–water partition coefficient (Wildman–Crippen LogP) is 1.84. The smallest absolute Gasteiger partial charge is 0.292 e. The van der Waals surface area contributed by atoms with Gasteiger partial charge in [-0.25, -0.2) is 0 Å². The van der Waals surface area contributed by atoms with E-state index in [4.69, 9.17) is 9.26 Å². The highest BCUT2D eigenvalue weighted by Crippen LogP contribution is 2.50. The van der Waals surface area contributed by atoms with Gasteiger partial charge in [-0.2, -0.15) is 0 Å². The van der Waals surface area contributed by atoms with Crippen LogP contribution in [-0.4, -0.2) is 48.6 Å². The largest absolute Gasteiger partial charge is 0.479 e. The lowest BCUT2D eigenvalue weighted by atomic mass is 9.76. The number of ether oxygens (including phenoxy) is 1. The van der Waals surface area contributed by atoms with Crippen LogP contribution in [0.2, 0.25) is 0 Å². The number of rotatable bonds is 5. The van der Waals surface area contributed by atoms with Crippen molar-refractivity contribution in [2.24, 2.45) is 17.3 Å². The van der Waals surface area contributed by atoms with Crippen molar-refractivity contribution in [3.63, 3.8) is 0 Å². The topological polar surface area (TPSA) is 84.7 Å². The zero-order chi connectivity index (χ0) is 17.4. The van der Waals surface area contributed by atoms with Gasteiger partial charge in [-0.15, -0.1) is 0 Å². The molecule has 3 aliphatic rings. The Morgan fingerprint density at radius 1 is 1.40 bits per heavy atom. The number of nitrogens with zero attached hydrogens (tertiary/aromatic N) is 2. The summed E-state index contributed by atoms with van der Waals surface area (Å²) in [6, 6.07) is 1.52. The molecule has 1 aromatic rings. The second kappa shape index (κ2) is 6.35. The number of carbonyl (C=O) groups is 2. The van der Waals surface area contributed by atoms with Crippen LogP contribution in [0.4, 0.5) is 0 Å². The van der Waals surface area contributed by atoms with E-state index < -0.39 is 0 Å². The molecule has 1 N–H and O–H groups in total. The molecule has 7 heteroatoms. The van der Waals surface area contributed by atoms with Crippen LogP contribution in [0.1, 0.15) is 49.1 Å². The summed E-state index contributed by atoms with van der Waals surface area (Å²) in [5.41, 5.74) is -0.0760. The highest BCUT2D eigenvalue weighted by Gasteiger charge is 2.51. The lowest BCUT2D eigenvalue weighted by Gasteiger charge is -2.30. The van der Waals surface area contributed by atoms with Crippen LogP contribution < -0.4 is 10.1 Å². The second-order valence-electron chi connectivity index (χ2n) is 7.71. The molecule has 4 rings (SSSR count). The molecule has 7 nitrogen and oxygen atoms in total. The first-order valence-electron chi connectivity index (χ1n) is 9.19. The molecule has 25 heavy (non-hydrogen) atoms. The highest BCUT2D eigenvalue weighted by molar-refractivity contribution is 5.92. The maximum atomic E-state index is 12.7. The first-order chi connectivity index (χ1) is 12.1. The molecule has 2 amide bonds. The van der Waals surface area contributed by atoms with E-state index in [0.29, 0.717) is 24.9 Å². The van der Waals surface area contributed by atoms with Crippen LogP contribution in [0.5, 0.6) is 5.88 Å². The molecule has 136 valence electrons. The molecule has 0 bridgehead atoms. The molecule has 2 atom stereocenters. The highest BCUT2D eigenvalue weighted by atomic mass is 16.5. The minimum absolute atomic E-state index is 0.0216. The van der Waals surface area contributed by atoms with Crippen LogP contribution in [0.3, 0.4) is 0 Å². The summed E-state index contributed by atoms with van der Waals surface area (Å²) in [6.45, 7) is 2.09. The standard InChI is InChI=1S/C18H25N3O4/c1-24-15-9-14(25-20-15)17(23)21-8-7-18(11-21)6-2-3-13(18)16(22)19-10-12-4-5-12/h9,12-13H,2-8,10-11H2,1H3,(H,19,22)/t13-,18+/m1/s1. The van der Waals surface area contributed by atoms with Crippen LogP contribution in [0, 0.1) is 17.3 Å². The van der Waals surface area contributed by atoms with Gasteiger partial charge in [0.2, 0.25) is 11.7 Å². The van der Waals surface area contributed by atoms with Crippen molar-refractivity contribution in [3.05, 3.63) is 11.8 Å². The van der Waals surface area contributed by atoms with E-state index in [9.17, 15) is 9.59 Å². The van der Waals surface area contributed by atoms with Crippen molar-refractivity contribution in [1.82, 2.24) is 15.4 Å². The third kappa shape index (κ3) is 3.12. The van der Waals surface area contributed by atoms with E-state index in [2.05, 4.69) is 10.5 Å². The van der Waals surface area contributed by atoms with Crippen LogP contribution in [-0.2, 0) is 4.79 Å². The Bertz CT molecular complexity index is 669. The Morgan fingerprint density at radius 3 is 2.96 bits per heavy atom. The molecule has 0 unspecified atom stereocenters. The second-order valence-corrected chi connectivity index (χ2v) is 7.71. The van der Waals surface area contributed by atoms with E-state index in [1.54, 1.807) is 4.90 Å². The summed E-state index contributed by atoms with van der Waals surface area (Å²) in [5, 5.41) is 6.83. The van der Waals surface area contributed by atoms with Gasteiger partial charge < -0.3 is 19.5 Å². The van der Waals surface area contributed by atoms with Crippen LogP contribution in [0.15, 0.2) is 10.6 Å². The first kappa shape index (κ1) is 16.4. The number of nitrogens with one attached hydrogen (secondary N) is 1. The van der Waals surface area contributed by atoms with Crippen molar-refractivity contribution in [2.45, 2.75) is 38.5 Å².